The molecule has 0 atom stereocenters. The highest BCUT2D eigenvalue weighted by atomic mass is 16.6. The Hall–Kier alpha value is -6.72. The molecule has 0 aliphatic carbocycles. The van der Waals surface area contributed by atoms with E-state index in [1.54, 1.807) is 72.3 Å². The van der Waals surface area contributed by atoms with Crippen molar-refractivity contribution in [2.45, 2.75) is 0 Å². The van der Waals surface area contributed by atoms with E-state index in [4.69, 9.17) is 10.5 Å². The monoisotopic (exact) mass is 565 g/mol. The molecule has 0 aliphatic heterocycles. The van der Waals surface area contributed by atoms with E-state index in [1.807, 2.05) is 75.5 Å². The summed E-state index contributed by atoms with van der Waals surface area (Å²) in [5.41, 5.74) is 4.76. The van der Waals surface area contributed by atoms with Crippen LogP contribution in [0.1, 0.15) is 11.1 Å². The van der Waals surface area contributed by atoms with E-state index < -0.39 is 4.92 Å². The van der Waals surface area contributed by atoms with Gasteiger partial charge in [-0.15, -0.1) is 0 Å². The summed E-state index contributed by atoms with van der Waals surface area (Å²) in [4.78, 5) is 18.5. The molecule has 0 bridgehead atoms. The fourth-order valence-electron chi connectivity index (χ4n) is 4.21. The maximum atomic E-state index is 10.8. The van der Waals surface area contributed by atoms with Crippen LogP contribution in [0.3, 0.4) is 0 Å². The Morgan fingerprint density at radius 1 is 0.605 bits per heavy atom. The lowest BCUT2D eigenvalue weighted by Crippen LogP contribution is -2.22. The summed E-state index contributed by atoms with van der Waals surface area (Å²) in [7, 11) is 0. The predicted octanol–water partition coefficient (Wildman–Crippen LogP) is 6.62. The number of hydrogen-bond acceptors (Lipinski definition) is 8. The number of nitriles is 2. The third-order valence-electron chi connectivity index (χ3n) is 6.23. The molecule has 0 spiro atoms. The Labute approximate surface area is 247 Å². The minimum Gasteiger partial charge on any atom is -0.258 e. The molecular weight excluding hydrogens is 542 g/mol. The lowest BCUT2D eigenvalue weighted by atomic mass is 10.2. The molecule has 6 aromatic rings. The molecule has 6 rings (SSSR count). The zero-order valence-electron chi connectivity index (χ0n) is 22.6. The van der Waals surface area contributed by atoms with Crippen molar-refractivity contribution >= 4 is 28.4 Å². The van der Waals surface area contributed by atoms with Gasteiger partial charge in [-0.2, -0.15) is 10.5 Å². The Bertz CT molecular complexity index is 1840. The number of nitro groups is 1. The number of imidazole rings is 2. The van der Waals surface area contributed by atoms with Gasteiger partial charge in [-0.3, -0.25) is 10.1 Å². The number of rotatable bonds is 7. The number of para-hydroxylation sites is 1. The van der Waals surface area contributed by atoms with E-state index in [9.17, 15) is 10.1 Å². The molecule has 0 unspecified atom stereocenters. The molecular formula is C32H23N9O2. The van der Waals surface area contributed by atoms with Crippen molar-refractivity contribution in [3.8, 4) is 12.1 Å². The van der Waals surface area contributed by atoms with Crippen molar-refractivity contribution in [3.05, 3.63) is 162 Å². The van der Waals surface area contributed by atoms with Crippen LogP contribution in [-0.4, -0.2) is 24.2 Å². The number of nitro benzene ring substituents is 1. The number of non-ortho nitro benzene ring substituents is 1. The Morgan fingerprint density at radius 2 is 1.00 bits per heavy atom. The highest BCUT2D eigenvalue weighted by Gasteiger charge is 2.14. The largest absolute Gasteiger partial charge is 0.269 e. The van der Waals surface area contributed by atoms with E-state index in [0.717, 1.165) is 22.7 Å². The van der Waals surface area contributed by atoms with Gasteiger partial charge < -0.3 is 0 Å². The van der Waals surface area contributed by atoms with Gasteiger partial charge in [0.05, 0.1) is 50.9 Å². The van der Waals surface area contributed by atoms with Crippen LogP contribution < -0.4 is 10.0 Å². The molecule has 4 aromatic carbocycles. The van der Waals surface area contributed by atoms with Crippen LogP contribution >= 0.6 is 0 Å². The van der Waals surface area contributed by atoms with Gasteiger partial charge in [0.15, 0.2) is 0 Å². The molecule has 0 fully saturated rings. The van der Waals surface area contributed by atoms with Crippen molar-refractivity contribution in [1.29, 1.82) is 10.5 Å². The van der Waals surface area contributed by atoms with E-state index in [1.165, 1.54) is 12.1 Å². The lowest BCUT2D eigenvalue weighted by molar-refractivity contribution is -0.384. The Balaban J connectivity index is 0.000000173. The third-order valence-corrected chi connectivity index (χ3v) is 6.23. The van der Waals surface area contributed by atoms with Gasteiger partial charge in [-0.1, -0.05) is 18.2 Å². The minimum atomic E-state index is -0.437. The average Bonchev–Trinajstić information content (AvgIpc) is 3.79. The van der Waals surface area contributed by atoms with Crippen molar-refractivity contribution in [1.82, 2.24) is 19.3 Å². The quantitative estimate of drug-likeness (QED) is 0.156. The van der Waals surface area contributed by atoms with Crippen LogP contribution in [-0.2, 0) is 0 Å². The molecule has 208 valence electrons. The molecule has 43 heavy (non-hydrogen) atoms. The first-order valence-electron chi connectivity index (χ1n) is 12.9. The van der Waals surface area contributed by atoms with Crippen LogP contribution in [0, 0.1) is 32.8 Å². The first kappa shape index (κ1) is 27.8. The number of hydrogen-bond donors (Lipinski definition) is 0. The second-order valence-corrected chi connectivity index (χ2v) is 8.94. The number of anilines is 4. The first-order chi connectivity index (χ1) is 21.1. The standard InChI is InChI=1S/C16H11N5O2.C16H12N4/c17-11-13-1-3-14(4-2-13)20(19-10-9-18-12-19)15-5-7-16(8-6-15)21(22)23;17-12-14-6-8-16(9-7-14)20(19-11-10-18-13-19)15-4-2-1-3-5-15/h1-10,12H;1-11,13H. The second kappa shape index (κ2) is 13.1. The zero-order valence-corrected chi connectivity index (χ0v) is 22.6. The summed E-state index contributed by atoms with van der Waals surface area (Å²) in [5.74, 6) is 0. The van der Waals surface area contributed by atoms with Crippen LogP contribution in [0.25, 0.3) is 0 Å². The van der Waals surface area contributed by atoms with E-state index in [2.05, 4.69) is 22.1 Å². The molecule has 0 saturated heterocycles. The van der Waals surface area contributed by atoms with Crippen molar-refractivity contribution in [2.75, 3.05) is 10.0 Å². The van der Waals surface area contributed by atoms with Crippen molar-refractivity contribution in [3.63, 3.8) is 0 Å². The Morgan fingerprint density at radius 3 is 1.35 bits per heavy atom. The molecule has 2 aromatic heterocycles. The normalized spacial score (nSPS) is 10.0. The highest BCUT2D eigenvalue weighted by Crippen LogP contribution is 2.28. The average molecular weight is 566 g/mol. The number of benzene rings is 4. The molecule has 0 saturated carbocycles. The van der Waals surface area contributed by atoms with Gasteiger partial charge in [0.25, 0.3) is 5.69 Å². The van der Waals surface area contributed by atoms with E-state index >= 15 is 0 Å². The van der Waals surface area contributed by atoms with Crippen LogP contribution in [0.5, 0.6) is 0 Å². The summed E-state index contributed by atoms with van der Waals surface area (Å²) < 4.78 is 3.65. The van der Waals surface area contributed by atoms with Crippen molar-refractivity contribution < 1.29 is 4.92 Å². The first-order valence-corrected chi connectivity index (χ1v) is 12.9. The number of aromatic nitrogens is 4. The summed E-state index contributed by atoms with van der Waals surface area (Å²) in [5, 5.41) is 32.4. The van der Waals surface area contributed by atoms with Crippen molar-refractivity contribution in [2.24, 2.45) is 0 Å². The topological polar surface area (TPSA) is 133 Å². The van der Waals surface area contributed by atoms with Gasteiger partial charge in [0, 0.05) is 36.9 Å². The zero-order chi connectivity index (χ0) is 30.0. The molecule has 0 radical (unpaired) electrons. The van der Waals surface area contributed by atoms with Gasteiger partial charge >= 0.3 is 0 Å². The van der Waals surface area contributed by atoms with Crippen LogP contribution in [0.2, 0.25) is 0 Å². The molecule has 0 aliphatic rings. The van der Waals surface area contributed by atoms with Gasteiger partial charge in [0.2, 0.25) is 0 Å². The summed E-state index contributed by atoms with van der Waals surface area (Å²) in [6.45, 7) is 0. The third kappa shape index (κ3) is 6.54. The van der Waals surface area contributed by atoms with Crippen LogP contribution in [0.15, 0.2) is 141 Å². The van der Waals surface area contributed by atoms with Crippen LogP contribution in [0.4, 0.5) is 28.4 Å². The summed E-state index contributed by atoms with van der Waals surface area (Å²) >= 11 is 0. The molecule has 11 heteroatoms. The fraction of sp³-hybridized carbons (Fsp3) is 0. The lowest BCUT2D eigenvalue weighted by Gasteiger charge is -2.25. The summed E-state index contributed by atoms with van der Waals surface area (Å²) in [6.07, 6.45) is 10.4. The van der Waals surface area contributed by atoms with Gasteiger partial charge in [-0.05, 0) is 72.8 Å². The fourth-order valence-corrected chi connectivity index (χ4v) is 4.21. The molecule has 0 N–H and O–H groups in total. The maximum absolute atomic E-state index is 10.8. The predicted molar refractivity (Wildman–Crippen MR) is 161 cm³/mol. The SMILES string of the molecule is N#Cc1ccc(N(c2ccc([N+](=O)[O-])cc2)n2ccnc2)cc1.N#Cc1ccc(N(c2ccccc2)n2ccnc2)cc1. The van der Waals surface area contributed by atoms with Gasteiger partial charge in [-0.25, -0.2) is 29.3 Å². The highest BCUT2D eigenvalue weighted by molar-refractivity contribution is 5.65. The Kier molecular flexibility index (Phi) is 8.47. The smallest absolute Gasteiger partial charge is 0.258 e. The van der Waals surface area contributed by atoms with E-state index in [0.29, 0.717) is 11.1 Å². The summed E-state index contributed by atoms with van der Waals surface area (Å²) in [6, 6.07) is 34.9. The molecule has 2 heterocycles. The number of nitrogens with zero attached hydrogens (tertiary/aromatic N) is 9. The minimum absolute atomic E-state index is 0.0270. The maximum Gasteiger partial charge on any atom is 0.269 e. The molecule has 11 nitrogen and oxygen atoms in total. The molecule has 0 amide bonds. The second-order valence-electron chi connectivity index (χ2n) is 8.94. The van der Waals surface area contributed by atoms with E-state index in [-0.39, 0.29) is 5.69 Å². The van der Waals surface area contributed by atoms with Gasteiger partial charge in [0.1, 0.15) is 12.7 Å².